The molecule has 2 atom stereocenters. The number of benzene rings is 2. The van der Waals surface area contributed by atoms with E-state index in [-0.39, 0.29) is 36.5 Å². The molecule has 2 aliphatic heterocycles. The number of carbonyl (C=O) groups excluding carboxylic acids is 2. The molecule has 2 aliphatic rings. The van der Waals surface area contributed by atoms with Gasteiger partial charge in [0.15, 0.2) is 6.23 Å². The molecule has 1 aromatic heterocycles. The highest BCUT2D eigenvalue weighted by atomic mass is 35.5. The van der Waals surface area contributed by atoms with E-state index in [1.165, 1.54) is 28.1 Å². The maximum Gasteiger partial charge on any atom is 0.256 e. The number of rotatable bonds is 5. The van der Waals surface area contributed by atoms with Gasteiger partial charge in [-0.2, -0.15) is 0 Å². The Balaban J connectivity index is 1.48. The topological polar surface area (TPSA) is 73.7 Å². The number of halogens is 3. The maximum atomic E-state index is 13.9. The summed E-state index contributed by atoms with van der Waals surface area (Å²) in [4.78, 5) is 32.9. The molecule has 0 saturated carbocycles. The van der Waals surface area contributed by atoms with Gasteiger partial charge in [0, 0.05) is 36.5 Å². The molecule has 3 heterocycles. The van der Waals surface area contributed by atoms with Gasteiger partial charge in [-0.3, -0.25) is 9.59 Å². The van der Waals surface area contributed by atoms with Crippen molar-refractivity contribution >= 4 is 23.4 Å². The lowest BCUT2D eigenvalue weighted by Gasteiger charge is -2.33. The summed E-state index contributed by atoms with van der Waals surface area (Å²) in [6.45, 7) is 0.164. The zero-order valence-electron chi connectivity index (χ0n) is 17.2. The summed E-state index contributed by atoms with van der Waals surface area (Å²) in [6.07, 6.45) is 0.282. The molecular weight excluding hydrogens is 452 g/mol. The molecule has 2 unspecified atom stereocenters. The molecule has 168 valence electrons. The van der Waals surface area contributed by atoms with Crippen LogP contribution in [-0.4, -0.2) is 44.3 Å². The van der Waals surface area contributed by atoms with Gasteiger partial charge in [-0.25, -0.2) is 13.8 Å². The Morgan fingerprint density at radius 1 is 1.06 bits per heavy atom. The molecule has 0 radical (unpaired) electrons. The predicted octanol–water partition coefficient (Wildman–Crippen LogP) is 3.73. The van der Waals surface area contributed by atoms with Crippen molar-refractivity contribution < 1.29 is 23.5 Å². The Morgan fingerprint density at radius 3 is 2.52 bits per heavy atom. The first-order valence-electron chi connectivity index (χ1n) is 10.3. The molecule has 1 N–H and O–H groups in total. The van der Waals surface area contributed by atoms with Crippen molar-refractivity contribution in [3.8, 4) is 0 Å². The van der Waals surface area contributed by atoms with Crippen molar-refractivity contribution in [2.45, 2.75) is 25.2 Å². The van der Waals surface area contributed by atoms with Crippen molar-refractivity contribution in [3.05, 3.63) is 99.3 Å². The average Bonchev–Trinajstić information content (AvgIpc) is 3.21. The fourth-order valence-electron chi connectivity index (χ4n) is 4.53. The Labute approximate surface area is 193 Å². The summed E-state index contributed by atoms with van der Waals surface area (Å²) in [5.74, 6) is -2.17. The van der Waals surface area contributed by atoms with Gasteiger partial charge in [0.05, 0.1) is 11.6 Å². The fourth-order valence-corrected chi connectivity index (χ4v) is 4.71. The van der Waals surface area contributed by atoms with Gasteiger partial charge in [0.1, 0.15) is 16.8 Å². The molecule has 9 heteroatoms. The van der Waals surface area contributed by atoms with Gasteiger partial charge < -0.3 is 14.9 Å². The number of pyridine rings is 1. The van der Waals surface area contributed by atoms with Crippen LogP contribution in [0.2, 0.25) is 5.15 Å². The summed E-state index contributed by atoms with van der Waals surface area (Å²) in [7, 11) is 0. The molecule has 6 nitrogen and oxygen atoms in total. The van der Waals surface area contributed by atoms with Crippen LogP contribution in [0.4, 0.5) is 8.78 Å². The van der Waals surface area contributed by atoms with Crippen LogP contribution in [0.15, 0.2) is 54.7 Å². The number of fused-ring (bicyclic) bond motifs is 2. The first kappa shape index (κ1) is 21.5. The molecule has 33 heavy (non-hydrogen) atoms. The van der Waals surface area contributed by atoms with Crippen molar-refractivity contribution in [1.29, 1.82) is 0 Å². The van der Waals surface area contributed by atoms with Gasteiger partial charge in [-0.15, -0.1) is 0 Å². The molecule has 0 bridgehead atoms. The zero-order chi connectivity index (χ0) is 23.3. The molecule has 0 aliphatic carbocycles. The smallest absolute Gasteiger partial charge is 0.256 e. The molecule has 0 fully saturated rings. The van der Waals surface area contributed by atoms with E-state index in [2.05, 4.69) is 4.98 Å². The van der Waals surface area contributed by atoms with Crippen LogP contribution in [0.3, 0.4) is 0 Å². The van der Waals surface area contributed by atoms with Crippen LogP contribution < -0.4 is 0 Å². The largest absolute Gasteiger partial charge is 0.369 e. The lowest BCUT2D eigenvalue weighted by atomic mass is 10.0. The zero-order valence-corrected chi connectivity index (χ0v) is 18.0. The van der Waals surface area contributed by atoms with E-state index in [4.69, 9.17) is 11.6 Å². The van der Waals surface area contributed by atoms with Crippen molar-refractivity contribution in [3.63, 3.8) is 0 Å². The lowest BCUT2D eigenvalue weighted by molar-refractivity contribution is 0.00415. The van der Waals surface area contributed by atoms with Crippen LogP contribution >= 0.6 is 11.6 Å². The van der Waals surface area contributed by atoms with Gasteiger partial charge in [-0.05, 0) is 41.8 Å². The van der Waals surface area contributed by atoms with Crippen LogP contribution in [0, 0.1) is 11.6 Å². The molecule has 0 spiro atoms. The van der Waals surface area contributed by atoms with E-state index >= 15 is 0 Å². The van der Waals surface area contributed by atoms with Gasteiger partial charge in [0.25, 0.3) is 11.8 Å². The van der Waals surface area contributed by atoms with Crippen molar-refractivity contribution in [1.82, 2.24) is 14.8 Å². The molecule has 2 aromatic carbocycles. The SMILES string of the molecule is O=C1c2cnc(Cl)cc2CN1C(Cc1cc(F)cc(F)c1)CN1C(=O)c2ccccc2C1O. The second kappa shape index (κ2) is 8.20. The molecule has 0 saturated heterocycles. The minimum absolute atomic E-state index is 0.0340. The third-order valence-electron chi connectivity index (χ3n) is 6.06. The quantitative estimate of drug-likeness (QED) is 0.578. The number of hydrogen-bond donors (Lipinski definition) is 1. The number of carbonyl (C=O) groups is 2. The highest BCUT2D eigenvalue weighted by Crippen LogP contribution is 2.34. The van der Waals surface area contributed by atoms with Gasteiger partial charge >= 0.3 is 0 Å². The van der Waals surface area contributed by atoms with E-state index in [0.717, 1.165) is 6.07 Å². The molecule has 2 amide bonds. The third kappa shape index (κ3) is 3.85. The number of aliphatic hydroxyl groups is 1. The van der Waals surface area contributed by atoms with Gasteiger partial charge in [0.2, 0.25) is 0 Å². The van der Waals surface area contributed by atoms with E-state index in [9.17, 15) is 23.5 Å². The number of hydrogen-bond acceptors (Lipinski definition) is 4. The van der Waals surface area contributed by atoms with Crippen LogP contribution in [-0.2, 0) is 13.0 Å². The number of aliphatic hydroxyl groups excluding tert-OH is 1. The Kier molecular flexibility index (Phi) is 5.34. The minimum atomic E-state index is -1.18. The highest BCUT2D eigenvalue weighted by Gasteiger charge is 2.40. The maximum absolute atomic E-state index is 13.9. The second-order valence-electron chi connectivity index (χ2n) is 8.15. The fraction of sp³-hybridized carbons (Fsp3) is 0.208. The summed E-state index contributed by atoms with van der Waals surface area (Å²) < 4.78 is 27.7. The average molecular weight is 470 g/mol. The van der Waals surface area contributed by atoms with E-state index in [0.29, 0.717) is 27.8 Å². The molecule has 5 rings (SSSR count). The lowest BCUT2D eigenvalue weighted by Crippen LogP contribution is -2.46. The van der Waals surface area contributed by atoms with Crippen LogP contribution in [0.5, 0.6) is 0 Å². The van der Waals surface area contributed by atoms with E-state index in [1.54, 1.807) is 30.3 Å². The molecule has 3 aromatic rings. The molecular formula is C24H18ClF2N3O3. The minimum Gasteiger partial charge on any atom is -0.369 e. The summed E-state index contributed by atoms with van der Waals surface area (Å²) in [5, 5.41) is 11.0. The normalized spacial score (nSPS) is 18.0. The Hall–Kier alpha value is -3.36. The number of amides is 2. The number of aromatic nitrogens is 1. The summed E-state index contributed by atoms with van der Waals surface area (Å²) >= 11 is 5.98. The number of nitrogens with zero attached hydrogens (tertiary/aromatic N) is 3. The Bertz CT molecular complexity index is 1270. The Morgan fingerprint density at radius 2 is 1.79 bits per heavy atom. The second-order valence-corrected chi connectivity index (χ2v) is 8.54. The summed E-state index contributed by atoms with van der Waals surface area (Å²) in [5.41, 5.74) is 2.24. The third-order valence-corrected chi connectivity index (χ3v) is 6.26. The van der Waals surface area contributed by atoms with Crippen LogP contribution in [0.1, 0.15) is 43.6 Å². The summed E-state index contributed by atoms with van der Waals surface area (Å²) in [6, 6.07) is 10.8. The first-order chi connectivity index (χ1) is 15.8. The standard InChI is InChI=1S/C24H18ClF2N3O3/c25-21-8-14-11-29(24(33)20(14)10-28-21)17(7-13-5-15(26)9-16(27)6-13)12-30-22(31)18-3-1-2-4-19(18)23(30)32/h1-6,8-10,17,22,31H,7,11-12H2. The van der Waals surface area contributed by atoms with Crippen LogP contribution in [0.25, 0.3) is 0 Å². The van der Waals surface area contributed by atoms with Crippen molar-refractivity contribution in [2.24, 2.45) is 0 Å². The van der Waals surface area contributed by atoms with Gasteiger partial charge in [-0.1, -0.05) is 29.8 Å². The highest BCUT2D eigenvalue weighted by molar-refractivity contribution is 6.29. The monoisotopic (exact) mass is 469 g/mol. The van der Waals surface area contributed by atoms with Crippen molar-refractivity contribution in [2.75, 3.05) is 6.54 Å². The first-order valence-corrected chi connectivity index (χ1v) is 10.7. The predicted molar refractivity (Wildman–Crippen MR) is 115 cm³/mol. The van der Waals surface area contributed by atoms with E-state index < -0.39 is 23.9 Å². The van der Waals surface area contributed by atoms with E-state index in [1.807, 2.05) is 0 Å².